The summed E-state index contributed by atoms with van der Waals surface area (Å²) >= 11 is 3.52. The van der Waals surface area contributed by atoms with Gasteiger partial charge in [-0.25, -0.2) is 4.98 Å². The van der Waals surface area contributed by atoms with Crippen LogP contribution in [0.1, 0.15) is 23.4 Å². The van der Waals surface area contributed by atoms with Gasteiger partial charge in [0.2, 0.25) is 0 Å². The predicted molar refractivity (Wildman–Crippen MR) is 85.9 cm³/mol. The van der Waals surface area contributed by atoms with E-state index in [1.165, 1.54) is 5.69 Å². The molecule has 0 amide bonds. The van der Waals surface area contributed by atoms with Crippen LogP contribution in [0.5, 0.6) is 0 Å². The highest BCUT2D eigenvalue weighted by Crippen LogP contribution is 2.27. The van der Waals surface area contributed by atoms with E-state index in [1.807, 2.05) is 18.5 Å². The van der Waals surface area contributed by atoms with Gasteiger partial charge in [0.05, 0.1) is 22.1 Å². The molecule has 0 saturated carbocycles. The van der Waals surface area contributed by atoms with Gasteiger partial charge in [-0.2, -0.15) is 5.10 Å². The number of aromatic nitrogens is 3. The Kier molecular flexibility index (Phi) is 4.65. The van der Waals surface area contributed by atoms with E-state index in [9.17, 15) is 0 Å². The summed E-state index contributed by atoms with van der Waals surface area (Å²) in [6.07, 6.45) is 2.67. The van der Waals surface area contributed by atoms with Crippen LogP contribution in [0.15, 0.2) is 16.7 Å². The molecule has 6 heteroatoms. The van der Waals surface area contributed by atoms with Crippen LogP contribution in [0.25, 0.3) is 0 Å². The first-order valence-electron chi connectivity index (χ1n) is 6.64. The van der Waals surface area contributed by atoms with Crippen molar-refractivity contribution in [3.8, 4) is 0 Å². The second-order valence-electron chi connectivity index (χ2n) is 4.93. The fourth-order valence-corrected chi connectivity index (χ4v) is 2.52. The second-order valence-corrected chi connectivity index (χ2v) is 5.72. The molecule has 108 valence electrons. The molecule has 0 unspecified atom stereocenters. The number of nitrogens with two attached hydrogens (primary N) is 1. The van der Waals surface area contributed by atoms with Crippen molar-refractivity contribution in [3.63, 3.8) is 0 Å². The number of aryl methyl sites for hydroxylation is 3. The highest BCUT2D eigenvalue weighted by Gasteiger charge is 2.07. The zero-order valence-electron chi connectivity index (χ0n) is 12.1. The number of hydrogen-bond acceptors (Lipinski definition) is 4. The molecule has 0 aliphatic heterocycles. The summed E-state index contributed by atoms with van der Waals surface area (Å²) < 4.78 is 2.97. The van der Waals surface area contributed by atoms with E-state index in [2.05, 4.69) is 44.3 Å². The van der Waals surface area contributed by atoms with Crippen LogP contribution in [0.2, 0.25) is 0 Å². The van der Waals surface area contributed by atoms with Crippen molar-refractivity contribution in [2.75, 3.05) is 17.6 Å². The smallest absolute Gasteiger partial charge is 0.140 e. The number of nitrogen functional groups attached to an aromatic ring is 1. The first-order chi connectivity index (χ1) is 9.49. The maximum absolute atomic E-state index is 5.81. The van der Waals surface area contributed by atoms with Gasteiger partial charge in [0.1, 0.15) is 5.82 Å². The van der Waals surface area contributed by atoms with Gasteiger partial charge >= 0.3 is 0 Å². The van der Waals surface area contributed by atoms with Gasteiger partial charge in [-0.15, -0.1) is 0 Å². The first-order valence-corrected chi connectivity index (χ1v) is 7.44. The predicted octanol–water partition coefficient (Wildman–Crippen LogP) is 3.05. The first kappa shape index (κ1) is 14.8. The quantitative estimate of drug-likeness (QED) is 0.822. The summed E-state index contributed by atoms with van der Waals surface area (Å²) in [7, 11) is 0. The Morgan fingerprint density at radius 2 is 2.10 bits per heavy atom. The minimum absolute atomic E-state index is 0.699. The summed E-state index contributed by atoms with van der Waals surface area (Å²) in [4.78, 5) is 4.30. The molecule has 5 nitrogen and oxygen atoms in total. The van der Waals surface area contributed by atoms with E-state index in [-0.39, 0.29) is 0 Å². The molecule has 0 bridgehead atoms. The zero-order valence-corrected chi connectivity index (χ0v) is 13.7. The molecule has 20 heavy (non-hydrogen) atoms. The van der Waals surface area contributed by atoms with Gasteiger partial charge in [-0.05, 0) is 54.8 Å². The number of hydrogen-bond donors (Lipinski definition) is 2. The van der Waals surface area contributed by atoms with Crippen molar-refractivity contribution in [2.24, 2.45) is 0 Å². The lowest BCUT2D eigenvalue weighted by molar-refractivity contribution is 0.573. The molecule has 3 N–H and O–H groups in total. The van der Waals surface area contributed by atoms with E-state index in [0.717, 1.165) is 41.1 Å². The molecular formula is C14H20BrN5. The van der Waals surface area contributed by atoms with Gasteiger partial charge in [0, 0.05) is 18.8 Å². The summed E-state index contributed by atoms with van der Waals surface area (Å²) in [5.41, 5.74) is 9.78. The summed E-state index contributed by atoms with van der Waals surface area (Å²) in [6, 6.07) is 2.09. The second kappa shape index (κ2) is 6.26. The van der Waals surface area contributed by atoms with Crippen LogP contribution in [0.4, 0.5) is 11.5 Å². The Morgan fingerprint density at radius 3 is 2.75 bits per heavy atom. The van der Waals surface area contributed by atoms with Crippen LogP contribution < -0.4 is 11.1 Å². The minimum Gasteiger partial charge on any atom is -0.397 e. The molecule has 0 saturated heterocycles. The largest absolute Gasteiger partial charge is 0.397 e. The van der Waals surface area contributed by atoms with E-state index < -0.39 is 0 Å². The minimum atomic E-state index is 0.699. The Morgan fingerprint density at radius 1 is 1.35 bits per heavy atom. The maximum Gasteiger partial charge on any atom is 0.140 e. The number of halogens is 1. The third kappa shape index (κ3) is 3.30. The fourth-order valence-electron chi connectivity index (χ4n) is 2.05. The molecular weight excluding hydrogens is 318 g/mol. The monoisotopic (exact) mass is 337 g/mol. The van der Waals surface area contributed by atoms with E-state index in [0.29, 0.717) is 5.69 Å². The van der Waals surface area contributed by atoms with Gasteiger partial charge in [-0.1, -0.05) is 0 Å². The van der Waals surface area contributed by atoms with Crippen molar-refractivity contribution in [1.29, 1.82) is 0 Å². The number of rotatable bonds is 5. The molecule has 2 aromatic rings. The normalized spacial score (nSPS) is 10.8. The van der Waals surface area contributed by atoms with Crippen molar-refractivity contribution in [2.45, 2.75) is 33.7 Å². The van der Waals surface area contributed by atoms with E-state index in [1.54, 1.807) is 6.20 Å². The SMILES string of the molecule is Cc1cc(C)n(CCCNc2ncc(N)c(C)c2Br)n1. The van der Waals surface area contributed by atoms with E-state index in [4.69, 9.17) is 5.73 Å². The third-order valence-corrected chi connectivity index (χ3v) is 4.22. The van der Waals surface area contributed by atoms with Crippen LogP contribution in [-0.4, -0.2) is 21.3 Å². The lowest BCUT2D eigenvalue weighted by Gasteiger charge is -2.11. The third-order valence-electron chi connectivity index (χ3n) is 3.25. The van der Waals surface area contributed by atoms with Gasteiger partial charge in [-0.3, -0.25) is 4.68 Å². The molecule has 0 radical (unpaired) electrons. The van der Waals surface area contributed by atoms with Gasteiger partial charge in [0.15, 0.2) is 0 Å². The van der Waals surface area contributed by atoms with Crippen LogP contribution >= 0.6 is 15.9 Å². The molecule has 0 fully saturated rings. The number of nitrogens with one attached hydrogen (secondary N) is 1. The Labute approximate surface area is 127 Å². The molecule has 2 rings (SSSR count). The molecule has 0 spiro atoms. The molecule has 0 atom stereocenters. The average molecular weight is 338 g/mol. The van der Waals surface area contributed by atoms with E-state index >= 15 is 0 Å². The van der Waals surface area contributed by atoms with Crippen LogP contribution in [0, 0.1) is 20.8 Å². The summed E-state index contributed by atoms with van der Waals surface area (Å²) in [5, 5.41) is 7.77. The maximum atomic E-state index is 5.81. The highest BCUT2D eigenvalue weighted by molar-refractivity contribution is 9.10. The Bertz CT molecular complexity index is 606. The Balaban J connectivity index is 1.88. The van der Waals surface area contributed by atoms with Gasteiger partial charge in [0.25, 0.3) is 0 Å². The number of nitrogens with zero attached hydrogens (tertiary/aromatic N) is 3. The Hall–Kier alpha value is -1.56. The number of anilines is 2. The lowest BCUT2D eigenvalue weighted by atomic mass is 10.2. The van der Waals surface area contributed by atoms with Crippen LogP contribution in [0.3, 0.4) is 0 Å². The topological polar surface area (TPSA) is 68.8 Å². The lowest BCUT2D eigenvalue weighted by Crippen LogP contribution is -2.10. The standard InChI is InChI=1S/C14H20BrN5/c1-9-7-10(2)20(19-9)6-4-5-17-14-13(15)11(3)12(16)8-18-14/h7-8H,4-6,16H2,1-3H3,(H,17,18). The van der Waals surface area contributed by atoms with Crippen molar-refractivity contribution in [3.05, 3.63) is 33.7 Å². The zero-order chi connectivity index (χ0) is 14.7. The van der Waals surface area contributed by atoms with Gasteiger partial charge < -0.3 is 11.1 Å². The summed E-state index contributed by atoms with van der Waals surface area (Å²) in [5.74, 6) is 0.838. The molecule has 2 aromatic heterocycles. The summed E-state index contributed by atoms with van der Waals surface area (Å²) in [6.45, 7) is 7.81. The molecule has 0 aliphatic carbocycles. The van der Waals surface area contributed by atoms with Crippen molar-refractivity contribution < 1.29 is 0 Å². The molecule has 0 aromatic carbocycles. The van der Waals surface area contributed by atoms with Crippen LogP contribution in [-0.2, 0) is 6.54 Å². The van der Waals surface area contributed by atoms with Crippen molar-refractivity contribution in [1.82, 2.24) is 14.8 Å². The molecule has 0 aliphatic rings. The molecule has 2 heterocycles. The number of pyridine rings is 1. The average Bonchev–Trinajstić information content (AvgIpc) is 2.72. The fraction of sp³-hybridized carbons (Fsp3) is 0.429. The highest BCUT2D eigenvalue weighted by atomic mass is 79.9. The van der Waals surface area contributed by atoms with Crippen molar-refractivity contribution >= 4 is 27.4 Å².